The Morgan fingerprint density at radius 2 is 1.94 bits per heavy atom. The van der Waals surface area contributed by atoms with E-state index in [0.29, 0.717) is 21.6 Å². The highest BCUT2D eigenvalue weighted by molar-refractivity contribution is 6.36. The minimum Gasteiger partial charge on any atom is -0.353 e. The normalized spacial score (nSPS) is 17.2. The second-order valence-corrected chi connectivity index (χ2v) is 4.97. The summed E-state index contributed by atoms with van der Waals surface area (Å²) in [6, 6.07) is 1.62. The zero-order valence-corrected chi connectivity index (χ0v) is 11.1. The van der Waals surface area contributed by atoms with Crippen molar-refractivity contribution < 1.29 is 0 Å². The lowest BCUT2D eigenvalue weighted by Crippen LogP contribution is -2.47. The monoisotopic (exact) mass is 272 g/mol. The Labute approximate surface area is 111 Å². The summed E-state index contributed by atoms with van der Waals surface area (Å²) in [4.78, 5) is 8.35. The van der Waals surface area contributed by atoms with E-state index in [1.165, 1.54) is 6.20 Å². The highest BCUT2D eigenvalue weighted by Gasteiger charge is 2.20. The predicted octanol–water partition coefficient (Wildman–Crippen LogP) is 1.96. The average Bonchev–Trinajstić information content (AvgIpc) is 2.29. The van der Waals surface area contributed by atoms with Gasteiger partial charge in [-0.3, -0.25) is 5.41 Å². The van der Waals surface area contributed by atoms with Gasteiger partial charge in [0.25, 0.3) is 0 Å². The summed E-state index contributed by atoms with van der Waals surface area (Å²) in [6.07, 6.45) is 1.52. The first kappa shape index (κ1) is 12.6. The summed E-state index contributed by atoms with van der Waals surface area (Å²) in [5.41, 5.74) is 0.501. The molecule has 2 heterocycles. The van der Waals surface area contributed by atoms with E-state index in [1.807, 2.05) is 4.90 Å². The highest BCUT2D eigenvalue weighted by atomic mass is 35.5. The van der Waals surface area contributed by atoms with Crippen LogP contribution in [-0.2, 0) is 0 Å². The van der Waals surface area contributed by atoms with Crippen LogP contribution < -0.4 is 0 Å². The lowest BCUT2D eigenvalue weighted by molar-refractivity contribution is 0.215. The maximum absolute atomic E-state index is 8.12. The number of amidine groups is 1. The van der Waals surface area contributed by atoms with Crippen LogP contribution in [0.1, 0.15) is 5.69 Å². The van der Waals surface area contributed by atoms with Gasteiger partial charge in [-0.25, -0.2) is 4.98 Å². The average molecular weight is 273 g/mol. The van der Waals surface area contributed by atoms with Crippen LogP contribution in [0.2, 0.25) is 10.0 Å². The molecule has 0 radical (unpaired) electrons. The zero-order valence-electron chi connectivity index (χ0n) is 9.58. The van der Waals surface area contributed by atoms with Crippen molar-refractivity contribution in [3.05, 3.63) is 28.0 Å². The largest absolute Gasteiger partial charge is 0.353 e. The molecule has 4 nitrogen and oxygen atoms in total. The van der Waals surface area contributed by atoms with Crippen LogP contribution in [0.3, 0.4) is 0 Å². The van der Waals surface area contributed by atoms with Crippen LogP contribution in [0.25, 0.3) is 0 Å². The molecule has 0 saturated carbocycles. The van der Waals surface area contributed by atoms with E-state index in [-0.39, 0.29) is 0 Å². The van der Waals surface area contributed by atoms with Crippen molar-refractivity contribution in [1.29, 1.82) is 5.41 Å². The molecule has 1 N–H and O–H groups in total. The van der Waals surface area contributed by atoms with Crippen molar-refractivity contribution in [1.82, 2.24) is 14.8 Å². The number of nitrogens with zero attached hydrogens (tertiary/aromatic N) is 3. The number of pyridine rings is 1. The van der Waals surface area contributed by atoms with Crippen molar-refractivity contribution in [2.24, 2.45) is 0 Å². The van der Waals surface area contributed by atoms with Gasteiger partial charge in [0.1, 0.15) is 11.5 Å². The predicted molar refractivity (Wildman–Crippen MR) is 70.2 cm³/mol. The first-order valence-corrected chi connectivity index (χ1v) is 6.17. The van der Waals surface area contributed by atoms with Gasteiger partial charge >= 0.3 is 0 Å². The Balaban J connectivity index is 2.14. The van der Waals surface area contributed by atoms with E-state index in [9.17, 15) is 0 Å². The topological polar surface area (TPSA) is 43.2 Å². The molecule has 0 aromatic carbocycles. The number of hydrogen-bond donors (Lipinski definition) is 1. The molecule has 0 bridgehead atoms. The fraction of sp³-hybridized carbons (Fsp3) is 0.455. The molecule has 0 amide bonds. The highest BCUT2D eigenvalue weighted by Crippen LogP contribution is 2.20. The molecule has 1 fully saturated rings. The molecule has 1 saturated heterocycles. The zero-order chi connectivity index (χ0) is 12.4. The molecule has 1 aromatic heterocycles. The molecule has 0 unspecified atom stereocenters. The van der Waals surface area contributed by atoms with Gasteiger partial charge in [0.2, 0.25) is 0 Å². The molecular formula is C11H14Cl2N4. The van der Waals surface area contributed by atoms with Crippen LogP contribution >= 0.6 is 23.2 Å². The third-order valence-electron chi connectivity index (χ3n) is 2.85. The Morgan fingerprint density at radius 1 is 1.29 bits per heavy atom. The van der Waals surface area contributed by atoms with Crippen LogP contribution in [0.5, 0.6) is 0 Å². The van der Waals surface area contributed by atoms with Crippen molar-refractivity contribution >= 4 is 29.0 Å². The summed E-state index contributed by atoms with van der Waals surface area (Å²) in [7, 11) is 2.08. The molecule has 17 heavy (non-hydrogen) atoms. The van der Waals surface area contributed by atoms with Gasteiger partial charge in [0.15, 0.2) is 0 Å². The number of hydrogen-bond acceptors (Lipinski definition) is 3. The Bertz CT molecular complexity index is 427. The third-order valence-corrected chi connectivity index (χ3v) is 3.35. The van der Waals surface area contributed by atoms with Crippen LogP contribution in [0, 0.1) is 5.41 Å². The van der Waals surface area contributed by atoms with Crippen LogP contribution in [0.15, 0.2) is 12.3 Å². The molecule has 1 aromatic rings. The molecule has 1 aliphatic rings. The molecule has 1 aliphatic heterocycles. The summed E-state index contributed by atoms with van der Waals surface area (Å²) < 4.78 is 0. The van der Waals surface area contributed by atoms with Gasteiger partial charge in [-0.05, 0) is 13.1 Å². The van der Waals surface area contributed by atoms with E-state index in [4.69, 9.17) is 28.6 Å². The van der Waals surface area contributed by atoms with Gasteiger partial charge in [-0.15, -0.1) is 0 Å². The van der Waals surface area contributed by atoms with E-state index < -0.39 is 0 Å². The Hall–Kier alpha value is -0.840. The minimum absolute atomic E-state index is 0.375. The second kappa shape index (κ2) is 5.21. The molecule has 92 valence electrons. The third kappa shape index (κ3) is 2.89. The summed E-state index contributed by atoms with van der Waals surface area (Å²) in [5, 5.41) is 9.04. The molecular weight excluding hydrogens is 259 g/mol. The van der Waals surface area contributed by atoms with Gasteiger partial charge < -0.3 is 9.80 Å². The van der Waals surface area contributed by atoms with Crippen molar-refractivity contribution in [3.63, 3.8) is 0 Å². The van der Waals surface area contributed by atoms with Gasteiger partial charge in [-0.2, -0.15) is 0 Å². The minimum atomic E-state index is 0.375. The lowest BCUT2D eigenvalue weighted by atomic mass is 10.2. The quantitative estimate of drug-likeness (QED) is 0.628. The van der Waals surface area contributed by atoms with Crippen LogP contribution in [-0.4, -0.2) is 53.8 Å². The van der Waals surface area contributed by atoms with Gasteiger partial charge in [-0.1, -0.05) is 23.2 Å². The number of halogens is 2. The smallest absolute Gasteiger partial charge is 0.148 e. The molecule has 0 aliphatic carbocycles. The van der Waals surface area contributed by atoms with E-state index >= 15 is 0 Å². The molecule has 0 spiro atoms. The molecule has 2 rings (SSSR count). The van der Waals surface area contributed by atoms with Crippen molar-refractivity contribution in [2.45, 2.75) is 0 Å². The fourth-order valence-corrected chi connectivity index (χ4v) is 2.24. The Kier molecular flexibility index (Phi) is 3.86. The van der Waals surface area contributed by atoms with Gasteiger partial charge in [0.05, 0.1) is 10.0 Å². The summed E-state index contributed by atoms with van der Waals surface area (Å²) >= 11 is 11.8. The summed E-state index contributed by atoms with van der Waals surface area (Å²) in [5.74, 6) is 0.375. The standard InChI is InChI=1S/C11H14Cl2N4/c1-16-2-4-17(5-3-16)11(14)10-9(13)6-8(12)7-15-10/h6-7,14H,2-5H2,1H3. The SMILES string of the molecule is CN1CCN(C(=N)c2ncc(Cl)cc2Cl)CC1. The molecule has 0 atom stereocenters. The Morgan fingerprint density at radius 3 is 2.53 bits per heavy atom. The number of nitrogens with one attached hydrogen (secondary N) is 1. The molecule has 6 heteroatoms. The maximum atomic E-state index is 8.12. The number of piperazine rings is 1. The first-order valence-electron chi connectivity index (χ1n) is 5.41. The van der Waals surface area contributed by atoms with E-state index in [0.717, 1.165) is 26.2 Å². The number of rotatable bonds is 1. The van der Waals surface area contributed by atoms with E-state index in [2.05, 4.69) is 16.9 Å². The van der Waals surface area contributed by atoms with Crippen LogP contribution in [0.4, 0.5) is 0 Å². The van der Waals surface area contributed by atoms with E-state index in [1.54, 1.807) is 6.07 Å². The number of aromatic nitrogens is 1. The van der Waals surface area contributed by atoms with Crippen molar-refractivity contribution in [2.75, 3.05) is 33.2 Å². The number of likely N-dealkylation sites (N-methyl/N-ethyl adjacent to an activating group) is 1. The fourth-order valence-electron chi connectivity index (χ4n) is 1.77. The second-order valence-electron chi connectivity index (χ2n) is 4.12. The summed E-state index contributed by atoms with van der Waals surface area (Å²) in [6.45, 7) is 3.56. The first-order chi connectivity index (χ1) is 8.08. The maximum Gasteiger partial charge on any atom is 0.148 e. The lowest BCUT2D eigenvalue weighted by Gasteiger charge is -2.33. The van der Waals surface area contributed by atoms with Gasteiger partial charge in [0, 0.05) is 32.4 Å². The van der Waals surface area contributed by atoms with Crippen molar-refractivity contribution in [3.8, 4) is 0 Å².